The van der Waals surface area contributed by atoms with Gasteiger partial charge in [0.2, 0.25) is 0 Å². The van der Waals surface area contributed by atoms with Crippen LogP contribution in [0, 0.1) is 6.92 Å². The van der Waals surface area contributed by atoms with Crippen molar-refractivity contribution < 1.29 is 4.74 Å². The summed E-state index contributed by atoms with van der Waals surface area (Å²) in [5.41, 5.74) is 7.43. The fourth-order valence-electron chi connectivity index (χ4n) is 1.96. The van der Waals surface area contributed by atoms with Gasteiger partial charge < -0.3 is 10.5 Å². The van der Waals surface area contributed by atoms with Crippen LogP contribution >= 0.6 is 0 Å². The number of aromatic nitrogens is 2. The summed E-state index contributed by atoms with van der Waals surface area (Å²) in [6, 6.07) is 12.7. The van der Waals surface area contributed by atoms with Crippen LogP contribution in [0.5, 0.6) is 11.8 Å². The number of nitrogens with one attached hydrogen (secondary N) is 1. The SMILES string of the molecule is Cc1ccccc1Oc1nc2ccc(N)cc2c(=O)[nH]1. The molecule has 0 aliphatic heterocycles. The number of ether oxygens (including phenoxy) is 1. The van der Waals surface area contributed by atoms with Crippen molar-refractivity contribution in [2.75, 3.05) is 5.73 Å². The minimum Gasteiger partial charge on any atom is -0.425 e. The number of nitrogen functional groups attached to an aromatic ring is 1. The normalized spacial score (nSPS) is 10.7. The van der Waals surface area contributed by atoms with E-state index < -0.39 is 0 Å². The van der Waals surface area contributed by atoms with Crippen LogP contribution in [0.2, 0.25) is 0 Å². The number of H-pyrrole nitrogens is 1. The summed E-state index contributed by atoms with van der Waals surface area (Å²) in [5, 5.41) is 0.446. The number of para-hydroxylation sites is 1. The molecule has 0 fully saturated rings. The number of hydrogen-bond donors (Lipinski definition) is 2. The van der Waals surface area contributed by atoms with Crippen LogP contribution in [0.15, 0.2) is 47.3 Å². The van der Waals surface area contributed by atoms with E-state index in [9.17, 15) is 4.79 Å². The van der Waals surface area contributed by atoms with E-state index in [0.717, 1.165) is 5.56 Å². The van der Waals surface area contributed by atoms with E-state index in [2.05, 4.69) is 9.97 Å². The summed E-state index contributed by atoms with van der Waals surface area (Å²) in [6.07, 6.45) is 0. The molecule has 0 bridgehead atoms. The molecule has 20 heavy (non-hydrogen) atoms. The molecule has 2 aromatic carbocycles. The van der Waals surface area contributed by atoms with Crippen molar-refractivity contribution in [3.8, 4) is 11.8 Å². The van der Waals surface area contributed by atoms with E-state index in [1.807, 2.05) is 31.2 Å². The Hall–Kier alpha value is -2.82. The zero-order valence-electron chi connectivity index (χ0n) is 10.9. The summed E-state index contributed by atoms with van der Waals surface area (Å²) in [6.45, 7) is 1.93. The van der Waals surface area contributed by atoms with Crippen molar-refractivity contribution in [3.63, 3.8) is 0 Å². The van der Waals surface area contributed by atoms with Crippen molar-refractivity contribution in [2.24, 2.45) is 0 Å². The summed E-state index contributed by atoms with van der Waals surface area (Å²) >= 11 is 0. The molecule has 0 saturated carbocycles. The number of aryl methyl sites for hydroxylation is 1. The second-order valence-corrected chi connectivity index (χ2v) is 4.52. The van der Waals surface area contributed by atoms with Crippen LogP contribution in [0.4, 0.5) is 5.69 Å². The first kappa shape index (κ1) is 12.2. The summed E-state index contributed by atoms with van der Waals surface area (Å²) in [5.74, 6) is 0.658. The van der Waals surface area contributed by atoms with E-state index in [0.29, 0.717) is 22.3 Å². The molecule has 0 aliphatic rings. The number of nitrogens with two attached hydrogens (primary N) is 1. The molecule has 5 nitrogen and oxygen atoms in total. The van der Waals surface area contributed by atoms with E-state index in [-0.39, 0.29) is 11.6 Å². The van der Waals surface area contributed by atoms with Gasteiger partial charge in [-0.2, -0.15) is 4.98 Å². The molecular weight excluding hydrogens is 254 g/mol. The number of anilines is 1. The molecule has 0 aliphatic carbocycles. The molecule has 0 amide bonds. The van der Waals surface area contributed by atoms with E-state index in [4.69, 9.17) is 10.5 Å². The Labute approximate surface area is 115 Å². The largest absolute Gasteiger partial charge is 0.425 e. The second-order valence-electron chi connectivity index (χ2n) is 4.52. The predicted molar refractivity (Wildman–Crippen MR) is 78.0 cm³/mol. The smallest absolute Gasteiger partial charge is 0.302 e. The van der Waals surface area contributed by atoms with Crippen LogP contribution in [0.1, 0.15) is 5.56 Å². The van der Waals surface area contributed by atoms with Crippen molar-refractivity contribution in [2.45, 2.75) is 6.92 Å². The van der Waals surface area contributed by atoms with Gasteiger partial charge in [0.05, 0.1) is 10.9 Å². The van der Waals surface area contributed by atoms with Gasteiger partial charge >= 0.3 is 6.01 Å². The van der Waals surface area contributed by atoms with E-state index in [1.54, 1.807) is 18.2 Å². The van der Waals surface area contributed by atoms with Crippen LogP contribution in [0.25, 0.3) is 10.9 Å². The molecule has 3 rings (SSSR count). The quantitative estimate of drug-likeness (QED) is 0.699. The molecule has 0 radical (unpaired) electrons. The molecule has 1 aromatic heterocycles. The highest BCUT2D eigenvalue weighted by Crippen LogP contribution is 2.22. The number of fused-ring (bicyclic) bond motifs is 1. The molecule has 1 heterocycles. The lowest BCUT2D eigenvalue weighted by atomic mass is 10.2. The lowest BCUT2D eigenvalue weighted by molar-refractivity contribution is 0.439. The van der Waals surface area contributed by atoms with Crippen LogP contribution in [0.3, 0.4) is 0 Å². The van der Waals surface area contributed by atoms with Gasteiger partial charge in [0.1, 0.15) is 5.75 Å². The third-order valence-corrected chi connectivity index (χ3v) is 3.01. The average molecular weight is 267 g/mol. The van der Waals surface area contributed by atoms with Gasteiger partial charge in [-0.25, -0.2) is 0 Å². The van der Waals surface area contributed by atoms with Gasteiger partial charge in [-0.05, 0) is 36.8 Å². The lowest BCUT2D eigenvalue weighted by Crippen LogP contribution is -2.10. The number of aromatic amines is 1. The minimum absolute atomic E-state index is 0.168. The second kappa shape index (κ2) is 4.70. The Morgan fingerprint density at radius 3 is 2.80 bits per heavy atom. The third kappa shape index (κ3) is 2.21. The Kier molecular flexibility index (Phi) is 2.87. The predicted octanol–water partition coefficient (Wildman–Crippen LogP) is 2.61. The Morgan fingerprint density at radius 1 is 1.20 bits per heavy atom. The zero-order valence-corrected chi connectivity index (χ0v) is 10.9. The maximum atomic E-state index is 12.0. The van der Waals surface area contributed by atoms with Crippen LogP contribution < -0.4 is 16.0 Å². The standard InChI is InChI=1S/C15H13N3O2/c1-9-4-2-3-5-13(9)20-15-17-12-7-6-10(16)8-11(12)14(19)18-15/h2-8H,16H2,1H3,(H,17,18,19). The first-order valence-corrected chi connectivity index (χ1v) is 6.16. The first-order chi connectivity index (χ1) is 9.63. The highest BCUT2D eigenvalue weighted by Gasteiger charge is 2.07. The number of benzene rings is 2. The number of hydrogen-bond acceptors (Lipinski definition) is 4. The Morgan fingerprint density at radius 2 is 2.00 bits per heavy atom. The summed E-state index contributed by atoms with van der Waals surface area (Å²) in [4.78, 5) is 18.9. The Balaban J connectivity index is 2.08. The molecule has 3 N–H and O–H groups in total. The van der Waals surface area contributed by atoms with E-state index in [1.165, 1.54) is 0 Å². The van der Waals surface area contributed by atoms with Gasteiger partial charge in [0.25, 0.3) is 5.56 Å². The highest BCUT2D eigenvalue weighted by molar-refractivity contribution is 5.81. The van der Waals surface area contributed by atoms with E-state index >= 15 is 0 Å². The van der Waals surface area contributed by atoms with Crippen molar-refractivity contribution in [1.29, 1.82) is 0 Å². The highest BCUT2D eigenvalue weighted by atomic mass is 16.5. The first-order valence-electron chi connectivity index (χ1n) is 6.16. The van der Waals surface area contributed by atoms with Crippen LogP contribution in [-0.4, -0.2) is 9.97 Å². The van der Waals surface area contributed by atoms with Gasteiger partial charge in [-0.1, -0.05) is 18.2 Å². The lowest BCUT2D eigenvalue weighted by Gasteiger charge is -2.07. The molecule has 5 heteroatoms. The third-order valence-electron chi connectivity index (χ3n) is 3.01. The monoisotopic (exact) mass is 267 g/mol. The molecule has 0 saturated heterocycles. The van der Waals surface area contributed by atoms with Gasteiger partial charge in [-0.3, -0.25) is 9.78 Å². The number of rotatable bonds is 2. The topological polar surface area (TPSA) is 81.0 Å². The molecular formula is C15H13N3O2. The van der Waals surface area contributed by atoms with Crippen molar-refractivity contribution >= 4 is 16.6 Å². The fourth-order valence-corrected chi connectivity index (χ4v) is 1.96. The van der Waals surface area contributed by atoms with Crippen molar-refractivity contribution in [3.05, 3.63) is 58.4 Å². The number of nitrogens with zero attached hydrogens (tertiary/aromatic N) is 1. The zero-order chi connectivity index (χ0) is 14.1. The average Bonchev–Trinajstić information content (AvgIpc) is 2.42. The molecule has 3 aromatic rings. The molecule has 0 spiro atoms. The summed E-state index contributed by atoms with van der Waals surface area (Å²) < 4.78 is 5.63. The van der Waals surface area contributed by atoms with Gasteiger partial charge in [0, 0.05) is 5.69 Å². The molecule has 0 atom stereocenters. The molecule has 0 unspecified atom stereocenters. The van der Waals surface area contributed by atoms with Crippen molar-refractivity contribution in [1.82, 2.24) is 9.97 Å². The maximum Gasteiger partial charge on any atom is 0.302 e. The van der Waals surface area contributed by atoms with Gasteiger partial charge in [-0.15, -0.1) is 0 Å². The fraction of sp³-hybridized carbons (Fsp3) is 0.0667. The summed E-state index contributed by atoms with van der Waals surface area (Å²) in [7, 11) is 0. The maximum absolute atomic E-state index is 12.0. The van der Waals surface area contributed by atoms with Crippen LogP contribution in [-0.2, 0) is 0 Å². The Bertz CT molecular complexity index is 840. The minimum atomic E-state index is -0.272. The molecule has 100 valence electrons. The van der Waals surface area contributed by atoms with Gasteiger partial charge in [0.15, 0.2) is 0 Å².